The van der Waals surface area contributed by atoms with E-state index in [1.807, 2.05) is 6.92 Å². The third-order valence-electron chi connectivity index (χ3n) is 5.39. The van der Waals surface area contributed by atoms with Crippen molar-refractivity contribution >= 4 is 51.5 Å². The van der Waals surface area contributed by atoms with E-state index in [0.29, 0.717) is 21.8 Å². The number of amides is 1. The SMILES string of the molecule is CCOC(=O)c1sc(N2C(=O)C(=O)C(=C(O)c3ccc(C)cc3)[C@@H]2c2cccc(Cl)c2)nc1C. The molecule has 1 amide bonds. The number of benzene rings is 2. The van der Waals surface area contributed by atoms with Crippen LogP contribution in [0.1, 0.15) is 45.0 Å². The molecule has 1 N–H and O–H groups in total. The maximum Gasteiger partial charge on any atom is 0.350 e. The Labute approximate surface area is 205 Å². The molecule has 1 aliphatic rings. The summed E-state index contributed by atoms with van der Waals surface area (Å²) in [5.74, 6) is -2.57. The van der Waals surface area contributed by atoms with E-state index in [0.717, 1.165) is 16.9 Å². The number of hydrogen-bond donors (Lipinski definition) is 1. The number of anilines is 1. The number of hydrogen-bond acceptors (Lipinski definition) is 7. The molecule has 4 rings (SSSR count). The molecule has 0 bridgehead atoms. The van der Waals surface area contributed by atoms with Crippen LogP contribution in [0, 0.1) is 13.8 Å². The average Bonchev–Trinajstić information content (AvgIpc) is 3.31. The summed E-state index contributed by atoms with van der Waals surface area (Å²) in [6.07, 6.45) is 0. The summed E-state index contributed by atoms with van der Waals surface area (Å²) < 4.78 is 5.08. The lowest BCUT2D eigenvalue weighted by molar-refractivity contribution is -0.132. The first-order valence-corrected chi connectivity index (χ1v) is 11.7. The molecule has 174 valence electrons. The highest BCUT2D eigenvalue weighted by molar-refractivity contribution is 7.17. The van der Waals surface area contributed by atoms with Crippen molar-refractivity contribution in [2.45, 2.75) is 26.8 Å². The Morgan fingerprint density at radius 3 is 2.53 bits per heavy atom. The van der Waals surface area contributed by atoms with Crippen molar-refractivity contribution < 1.29 is 24.2 Å². The minimum Gasteiger partial charge on any atom is -0.507 e. The van der Waals surface area contributed by atoms with E-state index in [9.17, 15) is 19.5 Å². The van der Waals surface area contributed by atoms with Gasteiger partial charge in [0, 0.05) is 10.6 Å². The smallest absolute Gasteiger partial charge is 0.350 e. The maximum absolute atomic E-state index is 13.2. The van der Waals surface area contributed by atoms with Gasteiger partial charge in [-0.1, -0.05) is 64.9 Å². The number of Topliss-reactive ketones (excluding diaryl/α,β-unsaturated/α-hetero) is 1. The summed E-state index contributed by atoms with van der Waals surface area (Å²) in [7, 11) is 0. The van der Waals surface area contributed by atoms with Gasteiger partial charge in [0.1, 0.15) is 10.6 Å². The number of aliphatic hydroxyl groups excluding tert-OH is 1. The lowest BCUT2D eigenvalue weighted by Crippen LogP contribution is -2.29. The van der Waals surface area contributed by atoms with Gasteiger partial charge in [0.2, 0.25) is 0 Å². The van der Waals surface area contributed by atoms with Crippen LogP contribution < -0.4 is 4.90 Å². The van der Waals surface area contributed by atoms with E-state index in [2.05, 4.69) is 4.98 Å². The number of carbonyl (C=O) groups excluding carboxylic acids is 3. The number of nitrogens with zero attached hydrogens (tertiary/aromatic N) is 2. The Morgan fingerprint density at radius 1 is 1.18 bits per heavy atom. The number of aryl methyl sites for hydroxylation is 2. The lowest BCUT2D eigenvalue weighted by Gasteiger charge is -2.23. The van der Waals surface area contributed by atoms with Crippen LogP contribution in [0.2, 0.25) is 5.02 Å². The first kappa shape index (κ1) is 23.7. The van der Waals surface area contributed by atoms with E-state index in [-0.39, 0.29) is 27.9 Å². The summed E-state index contributed by atoms with van der Waals surface area (Å²) in [4.78, 5) is 44.6. The first-order valence-electron chi connectivity index (χ1n) is 10.5. The van der Waals surface area contributed by atoms with Crippen molar-refractivity contribution in [1.29, 1.82) is 0 Å². The van der Waals surface area contributed by atoms with Gasteiger partial charge in [-0.3, -0.25) is 14.5 Å². The zero-order valence-electron chi connectivity index (χ0n) is 18.7. The molecule has 0 aliphatic carbocycles. The Hall–Kier alpha value is -3.49. The Morgan fingerprint density at radius 2 is 1.88 bits per heavy atom. The summed E-state index contributed by atoms with van der Waals surface area (Å²) in [6.45, 7) is 5.41. The van der Waals surface area contributed by atoms with Crippen LogP contribution in [0.5, 0.6) is 0 Å². The number of carbonyl (C=O) groups is 3. The van der Waals surface area contributed by atoms with Crippen molar-refractivity contribution in [2.75, 3.05) is 11.5 Å². The molecule has 7 nitrogen and oxygen atoms in total. The molecule has 2 heterocycles. The lowest BCUT2D eigenvalue weighted by atomic mass is 9.95. The Balaban J connectivity index is 1.91. The van der Waals surface area contributed by atoms with Crippen LogP contribution in [0.4, 0.5) is 5.13 Å². The van der Waals surface area contributed by atoms with Crippen LogP contribution in [0.25, 0.3) is 5.76 Å². The highest BCUT2D eigenvalue weighted by Crippen LogP contribution is 2.44. The van der Waals surface area contributed by atoms with Crippen LogP contribution in [-0.4, -0.2) is 34.4 Å². The third kappa shape index (κ3) is 4.22. The van der Waals surface area contributed by atoms with Crippen LogP contribution in [-0.2, 0) is 14.3 Å². The molecule has 0 spiro atoms. The summed E-state index contributed by atoms with van der Waals surface area (Å²) in [5, 5.41) is 11.7. The van der Waals surface area contributed by atoms with Crippen LogP contribution in [0.3, 0.4) is 0 Å². The fraction of sp³-hybridized carbons (Fsp3) is 0.200. The largest absolute Gasteiger partial charge is 0.507 e. The summed E-state index contributed by atoms with van der Waals surface area (Å²) >= 11 is 7.17. The van der Waals surface area contributed by atoms with Gasteiger partial charge in [0.25, 0.3) is 5.78 Å². The topological polar surface area (TPSA) is 96.8 Å². The zero-order valence-corrected chi connectivity index (χ0v) is 20.2. The second kappa shape index (κ2) is 9.40. The second-order valence-corrected chi connectivity index (χ2v) is 9.14. The van der Waals surface area contributed by atoms with Crippen molar-refractivity contribution in [3.63, 3.8) is 0 Å². The number of ketones is 1. The third-order valence-corrected chi connectivity index (χ3v) is 6.76. The molecule has 9 heteroatoms. The van der Waals surface area contributed by atoms with Crippen LogP contribution >= 0.6 is 22.9 Å². The summed E-state index contributed by atoms with van der Waals surface area (Å²) in [6, 6.07) is 12.7. The van der Waals surface area contributed by atoms with E-state index < -0.39 is 23.7 Å². The van der Waals surface area contributed by atoms with E-state index in [4.69, 9.17) is 16.3 Å². The fourth-order valence-electron chi connectivity index (χ4n) is 3.76. The molecule has 0 unspecified atom stereocenters. The number of halogens is 1. The van der Waals surface area contributed by atoms with Crippen LogP contribution in [0.15, 0.2) is 54.1 Å². The van der Waals surface area contributed by atoms with Crippen molar-refractivity contribution in [3.05, 3.63) is 86.4 Å². The van der Waals surface area contributed by atoms with Crippen molar-refractivity contribution in [3.8, 4) is 0 Å². The number of aromatic nitrogens is 1. The van der Waals surface area contributed by atoms with Crippen molar-refractivity contribution in [2.24, 2.45) is 0 Å². The highest BCUT2D eigenvalue weighted by Gasteiger charge is 2.48. The van der Waals surface area contributed by atoms with Gasteiger partial charge in [0.15, 0.2) is 5.13 Å². The van der Waals surface area contributed by atoms with E-state index in [1.165, 1.54) is 4.90 Å². The van der Waals surface area contributed by atoms with Gasteiger partial charge in [-0.05, 0) is 38.5 Å². The van der Waals surface area contributed by atoms with Gasteiger partial charge in [-0.15, -0.1) is 0 Å². The second-order valence-electron chi connectivity index (χ2n) is 7.72. The van der Waals surface area contributed by atoms with Gasteiger partial charge in [-0.25, -0.2) is 9.78 Å². The maximum atomic E-state index is 13.2. The van der Waals surface area contributed by atoms with Gasteiger partial charge in [0.05, 0.1) is 23.9 Å². The molecule has 1 atom stereocenters. The first-order chi connectivity index (χ1) is 16.2. The molecule has 1 fully saturated rings. The molecule has 1 aromatic heterocycles. The minimum atomic E-state index is -0.986. The quantitative estimate of drug-likeness (QED) is 0.225. The molecule has 0 radical (unpaired) electrons. The zero-order chi connectivity index (χ0) is 24.6. The Kier molecular flexibility index (Phi) is 6.54. The van der Waals surface area contributed by atoms with E-state index >= 15 is 0 Å². The molecular formula is C25H21ClN2O5S. The van der Waals surface area contributed by atoms with Gasteiger partial charge >= 0.3 is 11.9 Å². The normalized spacial score (nSPS) is 17.3. The number of rotatable bonds is 5. The monoisotopic (exact) mass is 496 g/mol. The molecular weight excluding hydrogens is 476 g/mol. The minimum absolute atomic E-state index is 0.0818. The molecule has 2 aromatic carbocycles. The van der Waals surface area contributed by atoms with Crippen molar-refractivity contribution in [1.82, 2.24) is 4.98 Å². The number of aliphatic hydroxyl groups is 1. The molecule has 1 aliphatic heterocycles. The molecule has 34 heavy (non-hydrogen) atoms. The molecule has 0 saturated carbocycles. The van der Waals surface area contributed by atoms with Gasteiger partial charge in [-0.2, -0.15) is 0 Å². The average molecular weight is 497 g/mol. The molecule has 3 aromatic rings. The predicted octanol–water partition coefficient (Wildman–Crippen LogP) is 5.22. The predicted molar refractivity (Wildman–Crippen MR) is 130 cm³/mol. The Bertz CT molecular complexity index is 1330. The highest BCUT2D eigenvalue weighted by atomic mass is 35.5. The summed E-state index contributed by atoms with van der Waals surface area (Å²) in [5.41, 5.74) is 2.20. The van der Waals surface area contributed by atoms with E-state index in [1.54, 1.807) is 62.4 Å². The standard InChI is InChI=1S/C25H21ClN2O5S/c1-4-33-24(32)22-14(3)27-25(34-22)28-19(16-6-5-7-17(26)12-16)18(21(30)23(28)31)20(29)15-10-8-13(2)9-11-15/h5-12,19,29H,4H2,1-3H3/t19-/m0/s1. The number of esters is 1. The fourth-order valence-corrected chi connectivity index (χ4v) is 4.95. The number of thiazole rings is 1. The molecule has 1 saturated heterocycles. The number of ether oxygens (including phenoxy) is 1. The van der Waals surface area contributed by atoms with Gasteiger partial charge < -0.3 is 9.84 Å².